The van der Waals surface area contributed by atoms with Crippen molar-refractivity contribution in [3.8, 4) is 16.4 Å². The molecule has 32 heavy (non-hydrogen) atoms. The van der Waals surface area contributed by atoms with E-state index in [-0.39, 0.29) is 23.5 Å². The highest BCUT2D eigenvalue weighted by Gasteiger charge is 2.27. The topological polar surface area (TPSA) is 83.4 Å². The Hall–Kier alpha value is -3.11. The molecule has 0 spiro atoms. The number of thiophene rings is 1. The molecule has 3 aromatic rings. The molecular formula is C22H25FN6O2S. The van der Waals surface area contributed by atoms with Crippen molar-refractivity contribution in [2.75, 3.05) is 39.3 Å². The number of amides is 2. The molecule has 4 rings (SSSR count). The Balaban J connectivity index is 1.49. The predicted molar refractivity (Wildman–Crippen MR) is 120 cm³/mol. The molecule has 10 heteroatoms. The Morgan fingerprint density at radius 3 is 2.66 bits per heavy atom. The van der Waals surface area contributed by atoms with Gasteiger partial charge in [0.1, 0.15) is 5.82 Å². The van der Waals surface area contributed by atoms with Crippen LogP contribution in [0.1, 0.15) is 24.0 Å². The first-order valence-electron chi connectivity index (χ1n) is 10.6. The van der Waals surface area contributed by atoms with E-state index >= 15 is 0 Å². The molecule has 1 N–H and O–H groups in total. The van der Waals surface area contributed by atoms with E-state index in [1.165, 1.54) is 28.2 Å². The van der Waals surface area contributed by atoms with Gasteiger partial charge >= 0.3 is 0 Å². The zero-order valence-electron chi connectivity index (χ0n) is 17.8. The van der Waals surface area contributed by atoms with Crippen LogP contribution in [0.2, 0.25) is 0 Å². The normalized spacial score (nSPS) is 14.5. The van der Waals surface area contributed by atoms with Crippen LogP contribution in [0, 0.1) is 5.82 Å². The lowest BCUT2D eigenvalue weighted by Gasteiger charge is -2.33. The molecule has 0 radical (unpaired) electrons. The number of carbonyl (C=O) groups is 2. The third-order valence-electron chi connectivity index (χ3n) is 5.19. The lowest BCUT2D eigenvalue weighted by Crippen LogP contribution is -2.51. The number of nitrogens with one attached hydrogen (secondary N) is 1. The molecule has 0 atom stereocenters. The molecule has 0 saturated carbocycles. The highest BCUT2D eigenvalue weighted by Crippen LogP contribution is 2.26. The number of halogens is 1. The highest BCUT2D eigenvalue weighted by atomic mass is 32.1. The Bertz CT molecular complexity index is 1080. The second-order valence-corrected chi connectivity index (χ2v) is 8.49. The van der Waals surface area contributed by atoms with Gasteiger partial charge in [0.15, 0.2) is 5.82 Å². The van der Waals surface area contributed by atoms with Gasteiger partial charge in [-0.3, -0.25) is 14.5 Å². The summed E-state index contributed by atoms with van der Waals surface area (Å²) < 4.78 is 15.3. The Morgan fingerprint density at radius 2 is 1.97 bits per heavy atom. The summed E-state index contributed by atoms with van der Waals surface area (Å²) in [5.74, 6) is -0.0788. The summed E-state index contributed by atoms with van der Waals surface area (Å²) in [4.78, 5) is 34.1. The minimum absolute atomic E-state index is 0.00252. The average molecular weight is 457 g/mol. The zero-order chi connectivity index (χ0) is 22.5. The highest BCUT2D eigenvalue weighted by molar-refractivity contribution is 7.13. The van der Waals surface area contributed by atoms with E-state index in [9.17, 15) is 14.0 Å². The summed E-state index contributed by atoms with van der Waals surface area (Å²) in [6.07, 6.45) is 0.900. The smallest absolute Gasteiger partial charge is 0.293 e. The molecule has 0 unspecified atom stereocenters. The molecule has 2 amide bonds. The fourth-order valence-electron chi connectivity index (χ4n) is 3.53. The molecule has 1 aromatic carbocycles. The van der Waals surface area contributed by atoms with Gasteiger partial charge in [-0.2, -0.15) is 0 Å². The van der Waals surface area contributed by atoms with E-state index in [4.69, 9.17) is 0 Å². The monoisotopic (exact) mass is 456 g/mol. The Morgan fingerprint density at radius 1 is 1.16 bits per heavy atom. The lowest BCUT2D eigenvalue weighted by atomic mass is 10.3. The van der Waals surface area contributed by atoms with Gasteiger partial charge in [0, 0.05) is 32.7 Å². The molecule has 1 fully saturated rings. The van der Waals surface area contributed by atoms with E-state index in [0.29, 0.717) is 50.8 Å². The first-order chi connectivity index (χ1) is 15.5. The van der Waals surface area contributed by atoms with Crippen LogP contribution in [0.4, 0.5) is 4.39 Å². The number of benzene rings is 1. The maximum atomic E-state index is 13.8. The summed E-state index contributed by atoms with van der Waals surface area (Å²) in [6.45, 7) is 5.20. The van der Waals surface area contributed by atoms with Crippen LogP contribution in [-0.2, 0) is 4.79 Å². The van der Waals surface area contributed by atoms with Gasteiger partial charge < -0.3 is 10.2 Å². The molecular weight excluding hydrogens is 431 g/mol. The second kappa shape index (κ2) is 10.0. The molecule has 8 nitrogen and oxygen atoms in total. The fourth-order valence-corrected chi connectivity index (χ4v) is 4.23. The molecule has 0 bridgehead atoms. The number of piperazine rings is 1. The van der Waals surface area contributed by atoms with E-state index in [1.807, 2.05) is 29.3 Å². The molecule has 1 saturated heterocycles. The van der Waals surface area contributed by atoms with E-state index in [2.05, 4.69) is 15.4 Å². The zero-order valence-corrected chi connectivity index (χ0v) is 18.6. The number of rotatable bonds is 7. The van der Waals surface area contributed by atoms with Gasteiger partial charge in [-0.15, -0.1) is 16.4 Å². The number of carbonyl (C=O) groups excluding carboxylic acids is 2. The standard InChI is InChI=1S/C22H25FN6O2S/c1-2-8-24-19(30)15-27-9-11-28(12-10-27)22(31)20-25-21(18-7-4-13-32-18)29(26-20)17-6-3-5-16(23)14-17/h3-7,13-14H,2,8-12,15H2,1H3,(H,24,30). The van der Waals surface area contributed by atoms with Gasteiger partial charge in [-0.25, -0.2) is 14.1 Å². The van der Waals surface area contributed by atoms with Crippen LogP contribution < -0.4 is 5.32 Å². The van der Waals surface area contributed by atoms with Crippen LogP contribution in [0.5, 0.6) is 0 Å². The number of hydrogen-bond donors (Lipinski definition) is 1. The van der Waals surface area contributed by atoms with E-state index in [0.717, 1.165) is 11.3 Å². The maximum absolute atomic E-state index is 13.8. The minimum Gasteiger partial charge on any atom is -0.355 e. The third-order valence-corrected chi connectivity index (χ3v) is 6.06. The van der Waals surface area contributed by atoms with Gasteiger partial charge in [0.05, 0.1) is 17.1 Å². The van der Waals surface area contributed by atoms with E-state index in [1.54, 1.807) is 17.0 Å². The largest absolute Gasteiger partial charge is 0.355 e. The van der Waals surface area contributed by atoms with Crippen LogP contribution in [0.3, 0.4) is 0 Å². The van der Waals surface area contributed by atoms with Gasteiger partial charge in [0.25, 0.3) is 5.91 Å². The predicted octanol–water partition coefficient (Wildman–Crippen LogP) is 2.42. The summed E-state index contributed by atoms with van der Waals surface area (Å²) >= 11 is 1.47. The summed E-state index contributed by atoms with van der Waals surface area (Å²) in [6, 6.07) is 9.83. The Labute approximate surface area is 189 Å². The van der Waals surface area contributed by atoms with Crippen LogP contribution in [0.15, 0.2) is 41.8 Å². The SMILES string of the molecule is CCCNC(=O)CN1CCN(C(=O)c2nc(-c3cccs3)n(-c3cccc(F)c3)n2)CC1. The molecule has 3 heterocycles. The summed E-state index contributed by atoms with van der Waals surface area (Å²) in [7, 11) is 0. The van der Waals surface area contributed by atoms with Crippen LogP contribution >= 0.6 is 11.3 Å². The van der Waals surface area contributed by atoms with Crippen molar-refractivity contribution in [1.82, 2.24) is 29.9 Å². The van der Waals surface area contributed by atoms with Gasteiger partial charge in [0.2, 0.25) is 11.7 Å². The lowest BCUT2D eigenvalue weighted by molar-refractivity contribution is -0.122. The molecule has 0 aliphatic carbocycles. The minimum atomic E-state index is -0.387. The van der Waals surface area contributed by atoms with Crippen molar-refractivity contribution in [2.45, 2.75) is 13.3 Å². The van der Waals surface area contributed by atoms with Crippen molar-refractivity contribution in [2.24, 2.45) is 0 Å². The molecule has 1 aliphatic heterocycles. The van der Waals surface area contributed by atoms with Crippen molar-refractivity contribution in [3.63, 3.8) is 0 Å². The third kappa shape index (κ3) is 5.03. The molecule has 2 aromatic heterocycles. The summed E-state index contributed by atoms with van der Waals surface area (Å²) in [5, 5.41) is 9.22. The van der Waals surface area contributed by atoms with Crippen LogP contribution in [0.25, 0.3) is 16.4 Å². The number of aromatic nitrogens is 3. The number of nitrogens with zero attached hydrogens (tertiary/aromatic N) is 5. The van der Waals surface area contributed by atoms with Crippen molar-refractivity contribution in [3.05, 3.63) is 53.4 Å². The number of hydrogen-bond acceptors (Lipinski definition) is 6. The quantitative estimate of drug-likeness (QED) is 0.590. The second-order valence-electron chi connectivity index (χ2n) is 7.55. The van der Waals surface area contributed by atoms with E-state index < -0.39 is 0 Å². The maximum Gasteiger partial charge on any atom is 0.293 e. The van der Waals surface area contributed by atoms with Gasteiger partial charge in [-0.05, 0) is 36.1 Å². The molecule has 1 aliphatic rings. The van der Waals surface area contributed by atoms with Crippen molar-refractivity contribution in [1.29, 1.82) is 0 Å². The first-order valence-corrected chi connectivity index (χ1v) is 11.5. The van der Waals surface area contributed by atoms with Crippen molar-refractivity contribution >= 4 is 23.2 Å². The first kappa shape index (κ1) is 22.1. The fraction of sp³-hybridized carbons (Fsp3) is 0.364. The van der Waals surface area contributed by atoms with Crippen LogP contribution in [-0.4, -0.2) is 75.6 Å². The molecule has 168 valence electrons. The average Bonchev–Trinajstić information content (AvgIpc) is 3.48. The van der Waals surface area contributed by atoms with Gasteiger partial charge in [-0.1, -0.05) is 19.1 Å². The Kier molecular flexibility index (Phi) is 6.91. The van der Waals surface area contributed by atoms with Crippen molar-refractivity contribution < 1.29 is 14.0 Å². The summed E-state index contributed by atoms with van der Waals surface area (Å²) in [5.41, 5.74) is 0.503.